The molecule has 19 heavy (non-hydrogen) atoms. The number of carboxylic acid groups (broad SMARTS) is 1. The first-order chi connectivity index (χ1) is 8.53. The summed E-state index contributed by atoms with van der Waals surface area (Å²) in [5.41, 5.74) is -2.86. The Kier molecular flexibility index (Phi) is 4.03. The third-order valence-corrected chi connectivity index (χ3v) is 3.03. The second-order valence-corrected chi connectivity index (χ2v) is 5.14. The van der Waals surface area contributed by atoms with Crippen molar-refractivity contribution >= 4 is 21.7 Å². The molecule has 0 aliphatic rings. The van der Waals surface area contributed by atoms with Gasteiger partial charge in [0.1, 0.15) is 11.4 Å². The molecule has 2 N–H and O–H groups in total. The summed E-state index contributed by atoms with van der Waals surface area (Å²) >= 11 is 0. The number of aliphatic carboxylic acids is 1. The molecule has 0 atom stereocenters. The molecule has 1 aromatic rings. The molecule has 0 heterocycles. The van der Waals surface area contributed by atoms with E-state index in [0.29, 0.717) is 12.1 Å². The monoisotopic (exact) mass is 301 g/mol. The maximum Gasteiger partial charge on any atom is 0.421 e. The molecule has 0 spiro atoms. The lowest BCUT2D eigenvalue weighted by molar-refractivity contribution is -0.139. The SMILES string of the molecule is O=C(O)CS(=O)(=O)Nc1cccc(F)c1C(F)(F)F. The van der Waals surface area contributed by atoms with Gasteiger partial charge in [-0.05, 0) is 12.1 Å². The molecule has 0 bridgehead atoms. The number of carbonyl (C=O) groups is 1. The van der Waals surface area contributed by atoms with E-state index in [1.807, 2.05) is 0 Å². The van der Waals surface area contributed by atoms with Crippen LogP contribution in [0.25, 0.3) is 0 Å². The Balaban J connectivity index is 3.23. The average molecular weight is 301 g/mol. The van der Waals surface area contributed by atoms with Crippen molar-refractivity contribution in [2.24, 2.45) is 0 Å². The Morgan fingerprint density at radius 1 is 1.32 bits per heavy atom. The van der Waals surface area contributed by atoms with E-state index >= 15 is 0 Å². The van der Waals surface area contributed by atoms with E-state index in [0.717, 1.165) is 6.07 Å². The van der Waals surface area contributed by atoms with Crippen LogP contribution in [-0.4, -0.2) is 25.2 Å². The normalized spacial score (nSPS) is 12.2. The number of nitrogens with one attached hydrogen (secondary N) is 1. The summed E-state index contributed by atoms with van der Waals surface area (Å²) in [4.78, 5) is 10.2. The Morgan fingerprint density at radius 2 is 1.89 bits per heavy atom. The second-order valence-electron chi connectivity index (χ2n) is 3.42. The van der Waals surface area contributed by atoms with Gasteiger partial charge in [-0.15, -0.1) is 0 Å². The largest absolute Gasteiger partial charge is 0.480 e. The molecule has 1 aromatic carbocycles. The van der Waals surface area contributed by atoms with E-state index in [-0.39, 0.29) is 0 Å². The van der Waals surface area contributed by atoms with Gasteiger partial charge in [0.25, 0.3) is 0 Å². The highest BCUT2D eigenvalue weighted by Crippen LogP contribution is 2.37. The van der Waals surface area contributed by atoms with Gasteiger partial charge in [-0.3, -0.25) is 9.52 Å². The van der Waals surface area contributed by atoms with Crippen molar-refractivity contribution in [3.8, 4) is 0 Å². The third-order valence-electron chi connectivity index (χ3n) is 1.88. The molecule has 5 nitrogen and oxygen atoms in total. The molecule has 1 rings (SSSR count). The molecule has 0 fully saturated rings. The summed E-state index contributed by atoms with van der Waals surface area (Å²) in [5.74, 6) is -4.85. The fraction of sp³-hybridized carbons (Fsp3) is 0.222. The van der Waals surface area contributed by atoms with Crippen molar-refractivity contribution in [1.29, 1.82) is 0 Å². The molecule has 10 heteroatoms. The van der Waals surface area contributed by atoms with Crippen LogP contribution in [0.1, 0.15) is 5.56 Å². The number of anilines is 1. The van der Waals surface area contributed by atoms with Gasteiger partial charge in [-0.1, -0.05) is 6.07 Å². The molecule has 0 aromatic heterocycles. The lowest BCUT2D eigenvalue weighted by atomic mass is 10.1. The van der Waals surface area contributed by atoms with E-state index in [1.165, 1.54) is 4.72 Å². The molecular weight excluding hydrogens is 294 g/mol. The Hall–Kier alpha value is -1.84. The molecule has 0 amide bonds. The molecule has 0 saturated carbocycles. The predicted octanol–water partition coefficient (Wildman–Crippen LogP) is 1.67. The van der Waals surface area contributed by atoms with Crippen LogP contribution in [0.2, 0.25) is 0 Å². The standard InChI is InChI=1S/C9H7F4NO4S/c10-5-2-1-3-6(8(5)9(11,12)13)14-19(17,18)4-7(15)16/h1-3,14H,4H2,(H,15,16). The minimum Gasteiger partial charge on any atom is -0.480 e. The van der Waals surface area contributed by atoms with E-state index < -0.39 is 45.0 Å². The Labute approximate surface area is 104 Å². The fourth-order valence-corrected chi connectivity index (χ4v) is 2.17. The highest BCUT2D eigenvalue weighted by atomic mass is 32.2. The number of hydrogen-bond donors (Lipinski definition) is 2. The molecule has 0 radical (unpaired) electrons. The van der Waals surface area contributed by atoms with Gasteiger partial charge in [0, 0.05) is 0 Å². The topological polar surface area (TPSA) is 83.5 Å². The smallest absolute Gasteiger partial charge is 0.421 e. The summed E-state index contributed by atoms with van der Waals surface area (Å²) in [7, 11) is -4.55. The van der Waals surface area contributed by atoms with Crippen LogP contribution in [0.3, 0.4) is 0 Å². The van der Waals surface area contributed by atoms with Crippen LogP contribution < -0.4 is 4.72 Å². The van der Waals surface area contributed by atoms with Gasteiger partial charge in [-0.2, -0.15) is 13.2 Å². The molecular formula is C9H7F4NO4S. The number of benzene rings is 1. The molecule has 0 saturated heterocycles. The van der Waals surface area contributed by atoms with Crippen molar-refractivity contribution in [2.45, 2.75) is 6.18 Å². The lowest BCUT2D eigenvalue weighted by Gasteiger charge is -2.14. The number of sulfonamides is 1. The average Bonchev–Trinajstić information content (AvgIpc) is 2.11. The van der Waals surface area contributed by atoms with E-state index in [9.17, 15) is 30.8 Å². The highest BCUT2D eigenvalue weighted by molar-refractivity contribution is 7.93. The molecule has 106 valence electrons. The van der Waals surface area contributed by atoms with Crippen LogP contribution in [0.5, 0.6) is 0 Å². The summed E-state index contributed by atoms with van der Waals surface area (Å²) in [5, 5.41) is 8.30. The molecule has 0 aliphatic heterocycles. The minimum absolute atomic E-state index is 0.512. The zero-order chi connectivity index (χ0) is 14.8. The van der Waals surface area contributed by atoms with Crippen molar-refractivity contribution in [1.82, 2.24) is 0 Å². The number of alkyl halides is 3. The zero-order valence-corrected chi connectivity index (χ0v) is 9.85. The van der Waals surface area contributed by atoms with Crippen molar-refractivity contribution in [3.05, 3.63) is 29.6 Å². The van der Waals surface area contributed by atoms with Gasteiger partial charge >= 0.3 is 12.1 Å². The molecule has 0 aliphatic carbocycles. The van der Waals surface area contributed by atoms with Gasteiger partial charge < -0.3 is 5.11 Å². The van der Waals surface area contributed by atoms with Crippen LogP contribution in [-0.2, 0) is 21.0 Å². The van der Waals surface area contributed by atoms with Crippen molar-refractivity contribution in [3.63, 3.8) is 0 Å². The summed E-state index contributed by atoms with van der Waals surface area (Å²) in [6, 6.07) is 2.06. The quantitative estimate of drug-likeness (QED) is 0.829. The van der Waals surface area contributed by atoms with Crippen LogP contribution in [0.15, 0.2) is 18.2 Å². The third kappa shape index (κ3) is 4.09. The number of halogens is 4. The van der Waals surface area contributed by atoms with Crippen molar-refractivity contribution < 1.29 is 35.9 Å². The number of hydrogen-bond acceptors (Lipinski definition) is 3. The van der Waals surface area contributed by atoms with Crippen molar-refractivity contribution in [2.75, 3.05) is 10.5 Å². The fourth-order valence-electron chi connectivity index (χ4n) is 1.26. The highest BCUT2D eigenvalue weighted by Gasteiger charge is 2.37. The van der Waals surface area contributed by atoms with E-state index in [4.69, 9.17) is 5.11 Å². The summed E-state index contributed by atoms with van der Waals surface area (Å²) < 4.78 is 74.6. The van der Waals surface area contributed by atoms with Crippen LogP contribution >= 0.6 is 0 Å². The number of carboxylic acids is 1. The summed E-state index contributed by atoms with van der Waals surface area (Å²) in [6.07, 6.45) is -5.12. The van der Waals surface area contributed by atoms with E-state index in [1.54, 1.807) is 0 Å². The van der Waals surface area contributed by atoms with E-state index in [2.05, 4.69) is 0 Å². The second kappa shape index (κ2) is 5.03. The van der Waals surface area contributed by atoms with Gasteiger partial charge in [-0.25, -0.2) is 12.8 Å². The first-order valence-electron chi connectivity index (χ1n) is 4.61. The van der Waals surface area contributed by atoms with Crippen LogP contribution in [0.4, 0.5) is 23.2 Å². The first-order valence-corrected chi connectivity index (χ1v) is 6.26. The minimum atomic E-state index is -5.12. The zero-order valence-electron chi connectivity index (χ0n) is 9.03. The predicted molar refractivity (Wildman–Crippen MR) is 56.4 cm³/mol. The van der Waals surface area contributed by atoms with Crippen LogP contribution in [0, 0.1) is 5.82 Å². The lowest BCUT2D eigenvalue weighted by Crippen LogP contribution is -2.24. The number of rotatable bonds is 4. The Morgan fingerprint density at radius 3 is 2.37 bits per heavy atom. The van der Waals surface area contributed by atoms with Gasteiger partial charge in [0.2, 0.25) is 10.0 Å². The first kappa shape index (κ1) is 15.2. The maximum atomic E-state index is 13.1. The maximum absolute atomic E-state index is 13.1. The molecule has 0 unspecified atom stereocenters. The summed E-state index contributed by atoms with van der Waals surface area (Å²) in [6.45, 7) is 0. The van der Waals surface area contributed by atoms with Gasteiger partial charge in [0.15, 0.2) is 5.75 Å². The van der Waals surface area contributed by atoms with Gasteiger partial charge in [0.05, 0.1) is 5.69 Å². The Bertz CT molecular complexity index is 597.